The van der Waals surface area contributed by atoms with Crippen LogP contribution in [0.25, 0.3) is 143 Å². The first-order chi connectivity index (χ1) is 35.8. The maximum absolute atomic E-state index is 2.52. The smallest absolute Gasteiger partial charge is 0.0547 e. The highest BCUT2D eigenvalue weighted by Gasteiger charge is 2.23. The number of benzene rings is 13. The van der Waals surface area contributed by atoms with E-state index in [0.717, 1.165) is 11.4 Å². The predicted octanol–water partition coefficient (Wildman–Crippen LogP) is 19.2. The Hall–Kier alpha value is -9.50. The van der Waals surface area contributed by atoms with Gasteiger partial charge in [0.25, 0.3) is 0 Å². The van der Waals surface area contributed by atoms with Gasteiger partial charge in [0.15, 0.2) is 0 Å². The van der Waals surface area contributed by atoms with Crippen LogP contribution in [-0.2, 0) is 0 Å². The Kier molecular flexibility index (Phi) is 8.99. The van der Waals surface area contributed by atoms with Gasteiger partial charge in [-0.2, -0.15) is 0 Å². The van der Waals surface area contributed by atoms with E-state index >= 15 is 0 Å². The van der Waals surface area contributed by atoms with Crippen molar-refractivity contribution in [3.05, 3.63) is 267 Å². The minimum atomic E-state index is 1.15. The zero-order valence-electron chi connectivity index (χ0n) is 39.3. The summed E-state index contributed by atoms with van der Waals surface area (Å²) in [7, 11) is 0. The predicted molar refractivity (Wildman–Crippen MR) is 307 cm³/mol. The van der Waals surface area contributed by atoms with E-state index in [4.69, 9.17) is 0 Å². The number of fused-ring (bicyclic) bond motifs is 12. The number of rotatable bonds is 6. The first-order valence-electron chi connectivity index (χ1n) is 24.9. The molecule has 72 heavy (non-hydrogen) atoms. The summed E-state index contributed by atoms with van der Waals surface area (Å²) in [6.45, 7) is 0. The van der Waals surface area contributed by atoms with Crippen LogP contribution in [0.4, 0.5) is 0 Å². The molecule has 0 radical (unpaired) electrons. The Bertz CT molecular complexity index is 4400. The van der Waals surface area contributed by atoms with Crippen LogP contribution in [0.5, 0.6) is 0 Å². The lowest BCUT2D eigenvalue weighted by Crippen LogP contribution is -1.94. The molecule has 0 atom stereocenters. The van der Waals surface area contributed by atoms with E-state index in [-0.39, 0.29) is 0 Å². The fourth-order valence-corrected chi connectivity index (χ4v) is 12.3. The highest BCUT2D eigenvalue weighted by Crippen LogP contribution is 2.50. The molecule has 0 N–H and O–H groups in total. The Morgan fingerprint density at radius 2 is 0.597 bits per heavy atom. The van der Waals surface area contributed by atoms with E-state index < -0.39 is 0 Å². The van der Waals surface area contributed by atoms with Crippen molar-refractivity contribution in [2.45, 2.75) is 0 Å². The molecule has 2 heterocycles. The lowest BCUT2D eigenvalue weighted by atomic mass is 9.83. The van der Waals surface area contributed by atoms with Gasteiger partial charge < -0.3 is 9.13 Å². The van der Waals surface area contributed by atoms with Crippen LogP contribution < -0.4 is 0 Å². The molecule has 2 nitrogen and oxygen atoms in total. The first kappa shape index (κ1) is 40.4. The summed E-state index contributed by atoms with van der Waals surface area (Å²) in [5.74, 6) is 0. The second-order valence-electron chi connectivity index (χ2n) is 19.1. The third-order valence-corrected chi connectivity index (χ3v) is 15.3. The third kappa shape index (κ3) is 5.96. The van der Waals surface area contributed by atoms with E-state index in [1.54, 1.807) is 0 Å². The second-order valence-corrected chi connectivity index (χ2v) is 19.1. The van der Waals surface area contributed by atoms with Crippen LogP contribution in [0, 0.1) is 0 Å². The maximum Gasteiger partial charge on any atom is 0.0547 e. The van der Waals surface area contributed by atoms with Gasteiger partial charge in [-0.1, -0.05) is 212 Å². The van der Waals surface area contributed by atoms with E-state index in [9.17, 15) is 0 Å². The average Bonchev–Trinajstić information content (AvgIpc) is 3.98. The van der Waals surface area contributed by atoms with Crippen molar-refractivity contribution in [3.8, 4) is 55.9 Å². The molecule has 2 heteroatoms. The summed E-state index contributed by atoms with van der Waals surface area (Å²) in [6, 6.07) is 98.8. The molecule has 0 aliphatic heterocycles. The summed E-state index contributed by atoms with van der Waals surface area (Å²) < 4.78 is 4.86. The molecule has 15 aromatic rings. The van der Waals surface area contributed by atoms with Crippen LogP contribution in [-0.4, -0.2) is 9.13 Å². The van der Waals surface area contributed by atoms with Crippen molar-refractivity contribution in [1.29, 1.82) is 0 Å². The van der Waals surface area contributed by atoms with E-state index in [1.165, 1.54) is 131 Å². The molecule has 13 aromatic carbocycles. The summed E-state index contributed by atoms with van der Waals surface area (Å²) in [5.41, 5.74) is 16.8. The van der Waals surface area contributed by atoms with Gasteiger partial charge in [0, 0.05) is 32.9 Å². The van der Waals surface area contributed by atoms with Crippen LogP contribution in [0.2, 0.25) is 0 Å². The summed E-state index contributed by atoms with van der Waals surface area (Å²) in [4.78, 5) is 0. The zero-order valence-corrected chi connectivity index (χ0v) is 39.3. The van der Waals surface area contributed by atoms with E-state index in [0.29, 0.717) is 0 Å². The normalized spacial score (nSPS) is 11.9. The number of hydrogen-bond donors (Lipinski definition) is 0. The van der Waals surface area contributed by atoms with Gasteiger partial charge in [-0.15, -0.1) is 0 Å². The fraction of sp³-hybridized carbons (Fsp3) is 0. The van der Waals surface area contributed by atoms with Crippen LogP contribution in [0.15, 0.2) is 267 Å². The van der Waals surface area contributed by atoms with Crippen molar-refractivity contribution >= 4 is 86.7 Å². The highest BCUT2D eigenvalue weighted by molar-refractivity contribution is 6.29. The van der Waals surface area contributed by atoms with Crippen LogP contribution in [0.3, 0.4) is 0 Å². The molecule has 0 aliphatic carbocycles. The second kappa shape index (κ2) is 16.0. The molecule has 0 unspecified atom stereocenters. The number of aromatic nitrogens is 2. The highest BCUT2D eigenvalue weighted by atomic mass is 15.0. The number of nitrogens with zero attached hydrogens (tertiary/aromatic N) is 2. The molecule has 0 saturated carbocycles. The summed E-state index contributed by atoms with van der Waals surface area (Å²) in [6.07, 6.45) is 0. The van der Waals surface area contributed by atoms with Gasteiger partial charge in [-0.05, 0) is 142 Å². The van der Waals surface area contributed by atoms with Gasteiger partial charge in [0.2, 0.25) is 0 Å². The van der Waals surface area contributed by atoms with Crippen molar-refractivity contribution in [2.75, 3.05) is 0 Å². The number of para-hydroxylation sites is 4. The topological polar surface area (TPSA) is 9.86 Å². The SMILES string of the molecule is c1ccc(-c2ccccc2-c2c3cccc(-c4cccc5ccc6c(c7ccccc7n6-c6ccccc6)c45)c3cc3c(-c4cccc5ccc6c(c7ccccc7n6-c6ccccc6)c45)cccc23)cc1. The van der Waals surface area contributed by atoms with Gasteiger partial charge in [-0.25, -0.2) is 0 Å². The monoisotopic (exact) mass is 912 g/mol. The molecule has 0 aliphatic rings. The molecule has 0 saturated heterocycles. The fourth-order valence-electron chi connectivity index (χ4n) is 12.3. The Morgan fingerprint density at radius 1 is 0.208 bits per heavy atom. The molecular formula is C70H44N2. The maximum atomic E-state index is 2.52. The lowest BCUT2D eigenvalue weighted by molar-refractivity contribution is 1.18. The van der Waals surface area contributed by atoms with Crippen LogP contribution >= 0.6 is 0 Å². The van der Waals surface area contributed by atoms with Gasteiger partial charge in [-0.3, -0.25) is 0 Å². The van der Waals surface area contributed by atoms with Gasteiger partial charge in [0.05, 0.1) is 22.1 Å². The van der Waals surface area contributed by atoms with Crippen molar-refractivity contribution in [2.24, 2.45) is 0 Å². The average molecular weight is 913 g/mol. The van der Waals surface area contributed by atoms with Crippen molar-refractivity contribution in [1.82, 2.24) is 9.13 Å². The molecule has 0 bridgehead atoms. The molecule has 0 fully saturated rings. The Labute approximate surface area is 416 Å². The molecule has 2 aromatic heterocycles. The Balaban J connectivity index is 1.09. The van der Waals surface area contributed by atoms with Gasteiger partial charge >= 0.3 is 0 Å². The van der Waals surface area contributed by atoms with Crippen molar-refractivity contribution in [3.63, 3.8) is 0 Å². The van der Waals surface area contributed by atoms with E-state index in [1.807, 2.05) is 0 Å². The lowest BCUT2D eigenvalue weighted by Gasteiger charge is -2.20. The van der Waals surface area contributed by atoms with Crippen molar-refractivity contribution < 1.29 is 0 Å². The van der Waals surface area contributed by atoms with E-state index in [2.05, 4.69) is 276 Å². The summed E-state index contributed by atoms with van der Waals surface area (Å²) in [5, 5.41) is 14.9. The molecule has 0 spiro atoms. The minimum absolute atomic E-state index is 1.15. The first-order valence-corrected chi connectivity index (χ1v) is 24.9. The third-order valence-electron chi connectivity index (χ3n) is 15.3. The van der Waals surface area contributed by atoms with Crippen LogP contribution in [0.1, 0.15) is 0 Å². The zero-order chi connectivity index (χ0) is 47.3. The Morgan fingerprint density at radius 3 is 1.11 bits per heavy atom. The standard InChI is InChI=1S/C70H44N2/c1-4-20-45(21-5-1)50-28-10-11-29-53(50)68-56-36-18-32-51(54-34-16-22-46-40-42-64-69(66(46)54)58-30-12-14-38-62(58)71(64)48-24-6-2-7-25-48)60(56)44-61-52(33-19-37-57(61)68)55-35-17-23-47-41-43-65-70(67(47)55)59-31-13-15-39-63(59)72(65)49-26-8-3-9-27-49/h1-44H. The molecule has 0 amide bonds. The summed E-state index contributed by atoms with van der Waals surface area (Å²) >= 11 is 0. The molecular weight excluding hydrogens is 869 g/mol. The quantitative estimate of drug-likeness (QED) is 0.147. The largest absolute Gasteiger partial charge is 0.309 e. The molecule has 15 rings (SSSR count). The molecule has 334 valence electrons. The number of hydrogen-bond acceptors (Lipinski definition) is 0. The minimum Gasteiger partial charge on any atom is -0.309 e. The van der Waals surface area contributed by atoms with Gasteiger partial charge in [0.1, 0.15) is 0 Å².